The van der Waals surface area contributed by atoms with Gasteiger partial charge in [-0.1, -0.05) is 30.3 Å². The molecule has 0 N–H and O–H groups in total. The number of hydrogen-bond acceptors (Lipinski definition) is 3. The highest BCUT2D eigenvalue weighted by atomic mass is 16.5. The molecule has 5 heteroatoms. The van der Waals surface area contributed by atoms with Crippen LogP contribution in [0, 0.1) is 5.92 Å². The minimum Gasteiger partial charge on any atom is -0.385 e. The summed E-state index contributed by atoms with van der Waals surface area (Å²) in [6, 6.07) is 11.9. The predicted octanol–water partition coefficient (Wildman–Crippen LogP) is 3.37. The number of ether oxygens (including phenoxy) is 1. The molecule has 0 spiro atoms. The second-order valence-electron chi connectivity index (χ2n) is 6.80. The molecule has 2 aromatic rings. The first kappa shape index (κ1) is 17.7. The van der Waals surface area contributed by atoms with Crippen LogP contribution < -0.4 is 0 Å². The van der Waals surface area contributed by atoms with Gasteiger partial charge in [-0.15, -0.1) is 0 Å². The van der Waals surface area contributed by atoms with Crippen LogP contribution >= 0.6 is 0 Å². The summed E-state index contributed by atoms with van der Waals surface area (Å²) in [7, 11) is 3.59. The molecule has 1 aromatic carbocycles. The molecule has 1 amide bonds. The van der Waals surface area contributed by atoms with Crippen LogP contribution in [-0.2, 0) is 11.8 Å². The standard InChI is InChI=1S/C20H27N3O2/c1-22-19(14-18(21-22)17-10-4-3-5-11-17)20(24)23-12-6-8-16(15-23)9-7-13-25-2/h3-5,10-11,14,16H,6-9,12-13,15H2,1-2H3/t16-/m0/s1. The number of aryl methyl sites for hydroxylation is 1. The molecule has 1 saturated heterocycles. The molecule has 1 atom stereocenters. The lowest BCUT2D eigenvalue weighted by Crippen LogP contribution is -2.40. The predicted molar refractivity (Wildman–Crippen MR) is 98.4 cm³/mol. The zero-order valence-corrected chi connectivity index (χ0v) is 15.1. The van der Waals surface area contributed by atoms with E-state index in [1.165, 1.54) is 6.42 Å². The quantitative estimate of drug-likeness (QED) is 0.757. The van der Waals surface area contributed by atoms with Gasteiger partial charge in [0.15, 0.2) is 0 Å². The van der Waals surface area contributed by atoms with Crippen molar-refractivity contribution >= 4 is 5.91 Å². The Bertz CT molecular complexity index is 696. The molecule has 3 rings (SSSR count). The summed E-state index contributed by atoms with van der Waals surface area (Å²) in [6.45, 7) is 2.48. The number of likely N-dealkylation sites (tertiary alicyclic amines) is 1. The van der Waals surface area contributed by atoms with E-state index in [0.717, 1.165) is 50.2 Å². The number of rotatable bonds is 6. The molecule has 2 heterocycles. The van der Waals surface area contributed by atoms with Crippen LogP contribution in [0.1, 0.15) is 36.2 Å². The summed E-state index contributed by atoms with van der Waals surface area (Å²) < 4.78 is 6.85. The highest BCUT2D eigenvalue weighted by molar-refractivity contribution is 5.93. The molecule has 1 fully saturated rings. The summed E-state index contributed by atoms with van der Waals surface area (Å²) in [5.41, 5.74) is 2.55. The Kier molecular flexibility index (Phi) is 5.87. The molecule has 25 heavy (non-hydrogen) atoms. The van der Waals surface area contributed by atoms with Crippen molar-refractivity contribution in [3.8, 4) is 11.3 Å². The molecule has 0 radical (unpaired) electrons. The average molecular weight is 341 g/mol. The molecule has 0 aliphatic carbocycles. The summed E-state index contributed by atoms with van der Waals surface area (Å²) in [4.78, 5) is 15.0. The summed E-state index contributed by atoms with van der Waals surface area (Å²) >= 11 is 0. The van der Waals surface area contributed by atoms with Gasteiger partial charge in [-0.3, -0.25) is 9.48 Å². The van der Waals surface area contributed by atoms with Gasteiger partial charge in [0.2, 0.25) is 0 Å². The number of carbonyl (C=O) groups is 1. The number of amides is 1. The number of methoxy groups -OCH3 is 1. The van der Waals surface area contributed by atoms with Gasteiger partial charge >= 0.3 is 0 Å². The van der Waals surface area contributed by atoms with E-state index < -0.39 is 0 Å². The largest absolute Gasteiger partial charge is 0.385 e. The Morgan fingerprint density at radius 1 is 1.32 bits per heavy atom. The number of hydrogen-bond donors (Lipinski definition) is 0. The van der Waals surface area contributed by atoms with Crippen LogP contribution in [0.4, 0.5) is 0 Å². The van der Waals surface area contributed by atoms with Crippen molar-refractivity contribution in [3.05, 3.63) is 42.1 Å². The topological polar surface area (TPSA) is 47.4 Å². The van der Waals surface area contributed by atoms with Crippen molar-refractivity contribution in [1.29, 1.82) is 0 Å². The number of aromatic nitrogens is 2. The van der Waals surface area contributed by atoms with Gasteiger partial charge in [-0.2, -0.15) is 5.10 Å². The monoisotopic (exact) mass is 341 g/mol. The third-order valence-electron chi connectivity index (χ3n) is 4.94. The van der Waals surface area contributed by atoms with Gasteiger partial charge in [0.05, 0.1) is 5.69 Å². The Hall–Kier alpha value is -2.14. The van der Waals surface area contributed by atoms with Crippen LogP contribution in [0.15, 0.2) is 36.4 Å². The van der Waals surface area contributed by atoms with Crippen LogP contribution in [0.2, 0.25) is 0 Å². The van der Waals surface area contributed by atoms with Crippen molar-refractivity contribution in [2.75, 3.05) is 26.8 Å². The molecule has 1 aliphatic heterocycles. The van der Waals surface area contributed by atoms with E-state index in [1.807, 2.05) is 48.3 Å². The highest BCUT2D eigenvalue weighted by Crippen LogP contribution is 2.24. The lowest BCUT2D eigenvalue weighted by Gasteiger charge is -2.32. The third-order valence-corrected chi connectivity index (χ3v) is 4.94. The minimum absolute atomic E-state index is 0.0913. The molecule has 1 aromatic heterocycles. The molecule has 0 bridgehead atoms. The summed E-state index contributed by atoms with van der Waals surface area (Å²) in [6.07, 6.45) is 4.46. The van der Waals surface area contributed by atoms with Crippen molar-refractivity contribution < 1.29 is 9.53 Å². The highest BCUT2D eigenvalue weighted by Gasteiger charge is 2.26. The normalized spacial score (nSPS) is 17.7. The molecule has 0 unspecified atom stereocenters. The molecule has 5 nitrogen and oxygen atoms in total. The van der Waals surface area contributed by atoms with Gasteiger partial charge in [-0.25, -0.2) is 0 Å². The van der Waals surface area contributed by atoms with E-state index in [0.29, 0.717) is 11.6 Å². The van der Waals surface area contributed by atoms with Gasteiger partial charge in [0.25, 0.3) is 5.91 Å². The third kappa shape index (κ3) is 4.28. The lowest BCUT2D eigenvalue weighted by atomic mass is 9.93. The van der Waals surface area contributed by atoms with Crippen LogP contribution in [-0.4, -0.2) is 47.4 Å². The lowest BCUT2D eigenvalue weighted by molar-refractivity contribution is 0.0649. The van der Waals surface area contributed by atoms with Crippen molar-refractivity contribution in [1.82, 2.24) is 14.7 Å². The maximum atomic E-state index is 13.0. The van der Waals surface area contributed by atoms with Crippen molar-refractivity contribution in [2.45, 2.75) is 25.7 Å². The Labute approximate surface area is 149 Å². The second-order valence-corrected chi connectivity index (χ2v) is 6.80. The van der Waals surface area contributed by atoms with E-state index >= 15 is 0 Å². The smallest absolute Gasteiger partial charge is 0.272 e. The number of carbonyl (C=O) groups excluding carboxylic acids is 1. The van der Waals surface area contributed by atoms with Crippen LogP contribution in [0.5, 0.6) is 0 Å². The zero-order chi connectivity index (χ0) is 17.6. The first-order valence-corrected chi connectivity index (χ1v) is 9.06. The summed E-state index contributed by atoms with van der Waals surface area (Å²) in [5.74, 6) is 0.670. The van der Waals surface area contributed by atoms with Crippen LogP contribution in [0.25, 0.3) is 11.3 Å². The van der Waals surface area contributed by atoms with Crippen molar-refractivity contribution in [2.24, 2.45) is 13.0 Å². The summed E-state index contributed by atoms with van der Waals surface area (Å²) in [5, 5.41) is 4.53. The number of piperidine rings is 1. The van der Waals surface area contributed by atoms with E-state index in [2.05, 4.69) is 5.10 Å². The van der Waals surface area contributed by atoms with Gasteiger partial charge in [0, 0.05) is 39.4 Å². The molecular weight excluding hydrogens is 314 g/mol. The van der Waals surface area contributed by atoms with E-state index in [1.54, 1.807) is 11.8 Å². The fraction of sp³-hybridized carbons (Fsp3) is 0.500. The van der Waals surface area contributed by atoms with Crippen LogP contribution in [0.3, 0.4) is 0 Å². The Morgan fingerprint density at radius 3 is 2.88 bits per heavy atom. The maximum Gasteiger partial charge on any atom is 0.272 e. The molecule has 0 saturated carbocycles. The fourth-order valence-electron chi connectivity index (χ4n) is 3.58. The molecule has 134 valence electrons. The van der Waals surface area contributed by atoms with E-state index in [4.69, 9.17) is 4.74 Å². The number of nitrogens with zero attached hydrogens (tertiary/aromatic N) is 3. The second kappa shape index (κ2) is 8.30. The van der Waals surface area contributed by atoms with Gasteiger partial charge in [-0.05, 0) is 37.7 Å². The van der Waals surface area contributed by atoms with E-state index in [9.17, 15) is 4.79 Å². The SMILES string of the molecule is COCCC[C@@H]1CCCN(C(=O)c2cc(-c3ccccc3)nn2C)C1. The molecular formula is C20H27N3O2. The maximum absolute atomic E-state index is 13.0. The zero-order valence-electron chi connectivity index (χ0n) is 15.1. The fourth-order valence-corrected chi connectivity index (χ4v) is 3.58. The van der Waals surface area contributed by atoms with E-state index in [-0.39, 0.29) is 5.91 Å². The average Bonchev–Trinajstić information content (AvgIpc) is 3.04. The first-order valence-electron chi connectivity index (χ1n) is 9.06. The first-order chi connectivity index (χ1) is 12.2. The Balaban J connectivity index is 1.69. The van der Waals surface area contributed by atoms with Gasteiger partial charge in [0.1, 0.15) is 5.69 Å². The van der Waals surface area contributed by atoms with Crippen molar-refractivity contribution in [3.63, 3.8) is 0 Å². The minimum atomic E-state index is 0.0913. The Morgan fingerprint density at radius 2 is 2.12 bits per heavy atom. The van der Waals surface area contributed by atoms with Gasteiger partial charge < -0.3 is 9.64 Å². The number of benzene rings is 1. The molecule has 1 aliphatic rings.